The van der Waals surface area contributed by atoms with E-state index in [9.17, 15) is 4.39 Å². The monoisotopic (exact) mass is 353 g/mol. The van der Waals surface area contributed by atoms with Crippen molar-refractivity contribution in [3.05, 3.63) is 57.3 Å². The fourth-order valence-electron chi connectivity index (χ4n) is 2.20. The van der Waals surface area contributed by atoms with Crippen LogP contribution in [-0.2, 0) is 0 Å². The van der Waals surface area contributed by atoms with Crippen molar-refractivity contribution in [2.45, 2.75) is 13.0 Å². The second-order valence-electron chi connectivity index (χ2n) is 4.73. The summed E-state index contributed by atoms with van der Waals surface area (Å²) in [5.74, 6) is 0.863. The molecular weight excluding hydrogens is 337 g/mol. The smallest absolute Gasteiger partial charge is 0.133 e. The lowest BCUT2D eigenvalue weighted by molar-refractivity contribution is 0.394. The molecule has 2 aromatic carbocycles. The number of hydrogen-bond donors (Lipinski definition) is 1. The molecular formula is C16H17BrFNO2. The lowest BCUT2D eigenvalue weighted by Crippen LogP contribution is -2.15. The van der Waals surface area contributed by atoms with Crippen LogP contribution in [-0.4, -0.2) is 14.2 Å². The first-order valence-electron chi connectivity index (χ1n) is 6.41. The molecule has 0 aromatic heterocycles. The number of benzene rings is 2. The number of hydrogen-bond acceptors (Lipinski definition) is 3. The molecule has 0 aliphatic rings. The van der Waals surface area contributed by atoms with Crippen molar-refractivity contribution in [3.8, 4) is 11.5 Å². The van der Waals surface area contributed by atoms with Crippen molar-refractivity contribution in [2.24, 2.45) is 5.73 Å². The van der Waals surface area contributed by atoms with Crippen molar-refractivity contribution in [1.29, 1.82) is 0 Å². The van der Waals surface area contributed by atoms with E-state index in [0.717, 1.165) is 10.0 Å². The fraction of sp³-hybridized carbons (Fsp3) is 0.250. The van der Waals surface area contributed by atoms with E-state index in [2.05, 4.69) is 15.9 Å². The predicted molar refractivity (Wildman–Crippen MR) is 84.4 cm³/mol. The zero-order valence-corrected chi connectivity index (χ0v) is 13.7. The molecule has 0 saturated heterocycles. The largest absolute Gasteiger partial charge is 0.496 e. The van der Waals surface area contributed by atoms with Gasteiger partial charge in [0, 0.05) is 11.1 Å². The maximum atomic E-state index is 14.0. The van der Waals surface area contributed by atoms with Crippen molar-refractivity contribution in [1.82, 2.24) is 0 Å². The molecule has 21 heavy (non-hydrogen) atoms. The van der Waals surface area contributed by atoms with Crippen LogP contribution in [0.4, 0.5) is 4.39 Å². The van der Waals surface area contributed by atoms with Gasteiger partial charge in [0.25, 0.3) is 0 Å². The van der Waals surface area contributed by atoms with Gasteiger partial charge in [-0.05, 0) is 41.1 Å². The van der Waals surface area contributed by atoms with Gasteiger partial charge in [-0.25, -0.2) is 4.39 Å². The first kappa shape index (κ1) is 15.8. The Labute approximate surface area is 132 Å². The van der Waals surface area contributed by atoms with E-state index >= 15 is 0 Å². The quantitative estimate of drug-likeness (QED) is 0.904. The summed E-state index contributed by atoms with van der Waals surface area (Å²) >= 11 is 3.39. The number of halogens is 2. The zero-order chi connectivity index (χ0) is 15.6. The second-order valence-corrected chi connectivity index (χ2v) is 5.59. The second kappa shape index (κ2) is 6.45. The maximum Gasteiger partial charge on any atom is 0.133 e. The minimum absolute atomic E-state index is 0.336. The third-order valence-electron chi connectivity index (χ3n) is 3.33. The number of rotatable bonds is 4. The van der Waals surface area contributed by atoms with Gasteiger partial charge in [-0.3, -0.25) is 0 Å². The van der Waals surface area contributed by atoms with Gasteiger partial charge in [0.15, 0.2) is 0 Å². The Bertz CT molecular complexity index is 661. The Hall–Kier alpha value is -1.59. The van der Waals surface area contributed by atoms with E-state index < -0.39 is 6.04 Å². The van der Waals surface area contributed by atoms with Crippen LogP contribution >= 0.6 is 15.9 Å². The molecule has 0 aliphatic heterocycles. The predicted octanol–water partition coefficient (Wildman–Crippen LogP) is 3.96. The van der Waals surface area contributed by atoms with E-state index in [1.165, 1.54) is 6.07 Å². The van der Waals surface area contributed by atoms with Crippen LogP contribution < -0.4 is 15.2 Å². The molecule has 0 spiro atoms. The number of ether oxygens (including phenoxy) is 2. The van der Waals surface area contributed by atoms with Gasteiger partial charge in [0.2, 0.25) is 0 Å². The van der Waals surface area contributed by atoms with Crippen LogP contribution in [0.2, 0.25) is 0 Å². The summed E-state index contributed by atoms with van der Waals surface area (Å²) in [6.45, 7) is 1.90. The first-order valence-corrected chi connectivity index (χ1v) is 7.20. The molecule has 2 aromatic rings. The molecule has 3 nitrogen and oxygen atoms in total. The van der Waals surface area contributed by atoms with Crippen molar-refractivity contribution < 1.29 is 13.9 Å². The summed E-state index contributed by atoms with van der Waals surface area (Å²) in [5.41, 5.74) is 8.29. The van der Waals surface area contributed by atoms with E-state index in [0.29, 0.717) is 22.6 Å². The van der Waals surface area contributed by atoms with E-state index in [4.69, 9.17) is 15.2 Å². The third-order valence-corrected chi connectivity index (χ3v) is 3.95. The molecule has 112 valence electrons. The SMILES string of the molecule is COc1cc(C(N)c2cc(C)ccc2F)c(OC)cc1Br. The van der Waals surface area contributed by atoms with Gasteiger partial charge in [-0.1, -0.05) is 17.7 Å². The summed E-state index contributed by atoms with van der Waals surface area (Å²) in [7, 11) is 3.12. The average molecular weight is 354 g/mol. The molecule has 5 heteroatoms. The topological polar surface area (TPSA) is 44.5 Å². The summed E-state index contributed by atoms with van der Waals surface area (Å²) in [5, 5.41) is 0. The van der Waals surface area contributed by atoms with Crippen LogP contribution in [0.3, 0.4) is 0 Å². The zero-order valence-electron chi connectivity index (χ0n) is 12.1. The van der Waals surface area contributed by atoms with E-state index in [-0.39, 0.29) is 5.82 Å². The number of aryl methyl sites for hydroxylation is 1. The molecule has 0 saturated carbocycles. The molecule has 0 bridgehead atoms. The van der Waals surface area contributed by atoms with Crippen molar-refractivity contribution >= 4 is 15.9 Å². The molecule has 0 radical (unpaired) electrons. The Morgan fingerprint density at radius 3 is 2.33 bits per heavy atom. The van der Waals surface area contributed by atoms with Gasteiger partial charge in [0.05, 0.1) is 24.7 Å². The Morgan fingerprint density at radius 1 is 1.05 bits per heavy atom. The summed E-state index contributed by atoms with van der Waals surface area (Å²) in [4.78, 5) is 0. The van der Waals surface area contributed by atoms with Gasteiger partial charge >= 0.3 is 0 Å². The highest BCUT2D eigenvalue weighted by Crippen LogP contribution is 2.37. The van der Waals surface area contributed by atoms with Gasteiger partial charge in [-0.15, -0.1) is 0 Å². The molecule has 0 aliphatic carbocycles. The molecule has 2 N–H and O–H groups in total. The van der Waals surface area contributed by atoms with Crippen LogP contribution in [0.1, 0.15) is 22.7 Å². The lowest BCUT2D eigenvalue weighted by atomic mass is 9.96. The molecule has 2 rings (SSSR count). The lowest BCUT2D eigenvalue weighted by Gasteiger charge is -2.19. The van der Waals surface area contributed by atoms with Crippen LogP contribution in [0.25, 0.3) is 0 Å². The fourth-order valence-corrected chi connectivity index (χ4v) is 2.68. The first-order chi connectivity index (χ1) is 9.97. The number of nitrogens with two attached hydrogens (primary N) is 1. The minimum atomic E-state index is -0.637. The summed E-state index contributed by atoms with van der Waals surface area (Å²) in [6.07, 6.45) is 0. The maximum absolute atomic E-state index is 14.0. The molecule has 1 unspecified atom stereocenters. The Kier molecular flexibility index (Phi) is 4.85. The minimum Gasteiger partial charge on any atom is -0.496 e. The standard InChI is InChI=1S/C16H17BrFNO2/c1-9-4-5-13(18)10(6-9)16(19)11-7-15(21-3)12(17)8-14(11)20-2/h4-8,16H,19H2,1-3H3. The molecule has 0 fully saturated rings. The van der Waals surface area contributed by atoms with E-state index in [1.54, 1.807) is 38.5 Å². The van der Waals surface area contributed by atoms with Crippen LogP contribution in [0, 0.1) is 12.7 Å². The molecule has 0 heterocycles. The normalized spacial score (nSPS) is 12.1. The third kappa shape index (κ3) is 3.19. The summed E-state index contributed by atoms with van der Waals surface area (Å²) in [6, 6.07) is 7.77. The Morgan fingerprint density at radius 2 is 1.71 bits per heavy atom. The van der Waals surface area contributed by atoms with Crippen molar-refractivity contribution in [2.75, 3.05) is 14.2 Å². The van der Waals surface area contributed by atoms with Gasteiger partial charge < -0.3 is 15.2 Å². The number of methoxy groups -OCH3 is 2. The van der Waals surface area contributed by atoms with E-state index in [1.807, 2.05) is 6.92 Å². The highest BCUT2D eigenvalue weighted by molar-refractivity contribution is 9.10. The molecule has 0 amide bonds. The molecule has 1 atom stereocenters. The Balaban J connectivity index is 2.56. The van der Waals surface area contributed by atoms with Gasteiger partial charge in [-0.2, -0.15) is 0 Å². The highest BCUT2D eigenvalue weighted by Gasteiger charge is 2.20. The summed E-state index contributed by atoms with van der Waals surface area (Å²) < 4.78 is 25.4. The van der Waals surface area contributed by atoms with Crippen LogP contribution in [0.5, 0.6) is 11.5 Å². The van der Waals surface area contributed by atoms with Gasteiger partial charge in [0.1, 0.15) is 17.3 Å². The highest BCUT2D eigenvalue weighted by atomic mass is 79.9. The van der Waals surface area contributed by atoms with Crippen molar-refractivity contribution in [3.63, 3.8) is 0 Å². The average Bonchev–Trinajstić information content (AvgIpc) is 2.48. The van der Waals surface area contributed by atoms with Crippen LogP contribution in [0.15, 0.2) is 34.8 Å².